The molecule has 25 heavy (non-hydrogen) atoms. The second-order valence-electron chi connectivity index (χ2n) is 7.10. The van der Waals surface area contributed by atoms with Gasteiger partial charge in [-0.2, -0.15) is 0 Å². The summed E-state index contributed by atoms with van der Waals surface area (Å²) in [6.45, 7) is 2.90. The maximum Gasteiger partial charge on any atom is 0.147 e. The van der Waals surface area contributed by atoms with Gasteiger partial charge >= 0.3 is 0 Å². The summed E-state index contributed by atoms with van der Waals surface area (Å²) in [6, 6.07) is 2.59. The summed E-state index contributed by atoms with van der Waals surface area (Å²) >= 11 is 0. The molecule has 0 aromatic carbocycles. The molecule has 2 aliphatic rings. The van der Waals surface area contributed by atoms with E-state index in [1.54, 1.807) is 6.33 Å². The monoisotopic (exact) mass is 344 g/mol. The van der Waals surface area contributed by atoms with Crippen LogP contribution < -0.4 is 11.1 Å². The second kappa shape index (κ2) is 7.27. The van der Waals surface area contributed by atoms with Crippen LogP contribution in [0.2, 0.25) is 0 Å². The Kier molecular flexibility index (Phi) is 4.87. The maximum absolute atomic E-state index is 6.38. The van der Waals surface area contributed by atoms with E-state index in [-0.39, 0.29) is 12.3 Å². The molecule has 0 spiro atoms. The van der Waals surface area contributed by atoms with Crippen LogP contribution in [0.4, 0.5) is 5.82 Å². The molecule has 4 rings (SSSR count). The average Bonchev–Trinajstić information content (AvgIpc) is 3.28. The fourth-order valence-electron chi connectivity index (χ4n) is 4.26. The number of fused-ring (bicyclic) bond motifs is 1. The van der Waals surface area contributed by atoms with E-state index in [0.29, 0.717) is 6.04 Å². The van der Waals surface area contributed by atoms with Gasteiger partial charge in [-0.3, -0.25) is 4.90 Å². The van der Waals surface area contributed by atoms with Gasteiger partial charge in [-0.1, -0.05) is 6.42 Å². The number of nitrogens with two attached hydrogens (primary N) is 1. The van der Waals surface area contributed by atoms with Crippen LogP contribution in [0.25, 0.3) is 11.0 Å². The second-order valence-corrected chi connectivity index (χ2v) is 7.10. The van der Waals surface area contributed by atoms with E-state index in [2.05, 4.69) is 37.0 Å². The molecule has 0 saturated carbocycles. The number of aromatic nitrogens is 3. The lowest BCUT2D eigenvalue weighted by Gasteiger charge is -2.36. The summed E-state index contributed by atoms with van der Waals surface area (Å²) in [5.74, 6) is 0.859. The number of anilines is 1. The molecule has 2 fully saturated rings. The molecule has 3 N–H and O–H groups in total. The van der Waals surface area contributed by atoms with Crippen LogP contribution in [0.15, 0.2) is 18.6 Å². The van der Waals surface area contributed by atoms with Gasteiger partial charge in [0.15, 0.2) is 0 Å². The van der Waals surface area contributed by atoms with Crippen molar-refractivity contribution in [2.45, 2.75) is 50.5 Å². The van der Waals surface area contributed by atoms with Gasteiger partial charge in [0.05, 0.1) is 11.5 Å². The van der Waals surface area contributed by atoms with Gasteiger partial charge in [-0.25, -0.2) is 9.97 Å². The number of ether oxygens (including phenoxy) is 1. The molecule has 0 amide bonds. The van der Waals surface area contributed by atoms with Crippen molar-refractivity contribution in [3.63, 3.8) is 0 Å². The van der Waals surface area contributed by atoms with Crippen molar-refractivity contribution in [2.75, 3.05) is 32.0 Å². The molecule has 2 aliphatic heterocycles. The molecule has 7 nitrogen and oxygen atoms in total. The highest BCUT2D eigenvalue weighted by Gasteiger charge is 2.31. The Labute approximate surface area is 148 Å². The number of hydrogen-bond acceptors (Lipinski definition) is 6. The molecule has 136 valence electrons. The van der Waals surface area contributed by atoms with Gasteiger partial charge in [-0.15, -0.1) is 0 Å². The SMILES string of the molecule is CNc1ncnc2c1ccn2C1CCC(CN2CCCCC2CN)O1. The molecule has 0 aliphatic carbocycles. The summed E-state index contributed by atoms with van der Waals surface area (Å²) in [4.78, 5) is 11.3. The first-order valence-electron chi connectivity index (χ1n) is 9.39. The van der Waals surface area contributed by atoms with Crippen LogP contribution in [0.5, 0.6) is 0 Å². The first kappa shape index (κ1) is 16.8. The molecule has 2 saturated heterocycles. The van der Waals surface area contributed by atoms with Crippen molar-refractivity contribution < 1.29 is 4.74 Å². The number of rotatable bonds is 5. The van der Waals surface area contributed by atoms with E-state index in [1.807, 2.05) is 7.05 Å². The minimum Gasteiger partial charge on any atom is -0.372 e. The van der Waals surface area contributed by atoms with Crippen LogP contribution in [-0.2, 0) is 4.74 Å². The third-order valence-corrected chi connectivity index (χ3v) is 5.60. The zero-order valence-corrected chi connectivity index (χ0v) is 14.9. The first-order valence-corrected chi connectivity index (χ1v) is 9.39. The van der Waals surface area contributed by atoms with Gasteiger partial charge in [0.1, 0.15) is 24.0 Å². The quantitative estimate of drug-likeness (QED) is 0.863. The molecule has 2 aromatic heterocycles. The predicted molar refractivity (Wildman–Crippen MR) is 98.5 cm³/mol. The number of likely N-dealkylation sites (tertiary alicyclic amines) is 1. The van der Waals surface area contributed by atoms with Crippen molar-refractivity contribution in [1.82, 2.24) is 19.4 Å². The Morgan fingerprint density at radius 2 is 2.20 bits per heavy atom. The Morgan fingerprint density at radius 3 is 3.04 bits per heavy atom. The molecule has 0 bridgehead atoms. The summed E-state index contributed by atoms with van der Waals surface area (Å²) < 4.78 is 8.53. The molecular weight excluding hydrogens is 316 g/mol. The number of hydrogen-bond donors (Lipinski definition) is 2. The number of nitrogens with zero attached hydrogens (tertiary/aromatic N) is 4. The largest absolute Gasteiger partial charge is 0.372 e. The molecular formula is C18H28N6O. The Hall–Kier alpha value is -1.70. The van der Waals surface area contributed by atoms with Crippen molar-refractivity contribution in [3.05, 3.63) is 18.6 Å². The molecule has 7 heteroatoms. The molecule has 2 aromatic rings. The lowest BCUT2D eigenvalue weighted by atomic mass is 10.0. The average molecular weight is 344 g/mol. The Bertz CT molecular complexity index is 717. The normalized spacial score (nSPS) is 27.8. The Balaban J connectivity index is 1.46. The molecule has 3 unspecified atom stereocenters. The molecule has 0 radical (unpaired) electrons. The first-order chi connectivity index (χ1) is 12.3. The lowest BCUT2D eigenvalue weighted by molar-refractivity contribution is -0.0211. The van der Waals surface area contributed by atoms with E-state index < -0.39 is 0 Å². The highest BCUT2D eigenvalue weighted by atomic mass is 16.5. The van der Waals surface area contributed by atoms with E-state index in [0.717, 1.165) is 49.3 Å². The number of nitrogens with one attached hydrogen (secondary N) is 1. The van der Waals surface area contributed by atoms with Gasteiger partial charge in [0.25, 0.3) is 0 Å². The standard InChI is InChI=1S/C18H28N6O/c1-20-17-15-7-9-24(18(15)22-12-21-17)16-6-5-14(25-16)11-23-8-3-2-4-13(23)10-19/h7,9,12-14,16H,2-6,8,10-11,19H2,1H3,(H,20,21,22). The van der Waals surface area contributed by atoms with Gasteiger partial charge in [0.2, 0.25) is 0 Å². The van der Waals surface area contributed by atoms with E-state index in [1.165, 1.54) is 19.3 Å². The smallest absolute Gasteiger partial charge is 0.147 e. The Morgan fingerprint density at radius 1 is 1.28 bits per heavy atom. The molecule has 4 heterocycles. The summed E-state index contributed by atoms with van der Waals surface area (Å²) in [7, 11) is 1.88. The fourth-order valence-corrected chi connectivity index (χ4v) is 4.26. The van der Waals surface area contributed by atoms with Crippen molar-refractivity contribution in [3.8, 4) is 0 Å². The van der Waals surface area contributed by atoms with Crippen LogP contribution in [-0.4, -0.2) is 58.3 Å². The van der Waals surface area contributed by atoms with Crippen molar-refractivity contribution in [1.29, 1.82) is 0 Å². The van der Waals surface area contributed by atoms with Crippen LogP contribution in [0, 0.1) is 0 Å². The zero-order valence-electron chi connectivity index (χ0n) is 14.9. The van der Waals surface area contributed by atoms with Crippen LogP contribution in [0.3, 0.4) is 0 Å². The summed E-state index contributed by atoms with van der Waals surface area (Å²) in [5, 5.41) is 4.16. The van der Waals surface area contributed by atoms with E-state index in [4.69, 9.17) is 10.5 Å². The third kappa shape index (κ3) is 3.23. The summed E-state index contributed by atoms with van der Waals surface area (Å²) in [5.41, 5.74) is 6.89. The van der Waals surface area contributed by atoms with E-state index >= 15 is 0 Å². The van der Waals surface area contributed by atoms with Crippen molar-refractivity contribution in [2.24, 2.45) is 5.73 Å². The minimum atomic E-state index is 0.0585. The minimum absolute atomic E-state index is 0.0585. The highest BCUT2D eigenvalue weighted by molar-refractivity contribution is 5.87. The van der Waals surface area contributed by atoms with Gasteiger partial charge in [-0.05, 0) is 38.3 Å². The molecule has 3 atom stereocenters. The van der Waals surface area contributed by atoms with Crippen molar-refractivity contribution >= 4 is 16.9 Å². The maximum atomic E-state index is 6.38. The van der Waals surface area contributed by atoms with Crippen LogP contribution >= 0.6 is 0 Å². The van der Waals surface area contributed by atoms with Crippen LogP contribution in [0.1, 0.15) is 38.3 Å². The van der Waals surface area contributed by atoms with Gasteiger partial charge in [0, 0.05) is 32.4 Å². The van der Waals surface area contributed by atoms with E-state index in [9.17, 15) is 0 Å². The van der Waals surface area contributed by atoms with Gasteiger partial charge < -0.3 is 20.4 Å². The topological polar surface area (TPSA) is 81.2 Å². The zero-order chi connectivity index (χ0) is 17.2. The number of piperidine rings is 1. The third-order valence-electron chi connectivity index (χ3n) is 5.60. The predicted octanol–water partition coefficient (Wildman–Crippen LogP) is 1.96. The lowest BCUT2D eigenvalue weighted by Crippen LogP contribution is -2.47. The fraction of sp³-hybridized carbons (Fsp3) is 0.667. The highest BCUT2D eigenvalue weighted by Crippen LogP contribution is 2.33. The summed E-state index contributed by atoms with van der Waals surface area (Å²) in [6.07, 6.45) is 9.92.